The number of halogens is 1. The lowest BCUT2D eigenvalue weighted by atomic mass is 9.99. The Labute approximate surface area is 128 Å². The van der Waals surface area contributed by atoms with E-state index in [1.165, 1.54) is 12.8 Å². The highest BCUT2D eigenvalue weighted by Gasteiger charge is 2.20. The summed E-state index contributed by atoms with van der Waals surface area (Å²) < 4.78 is 0.999. The zero-order valence-electron chi connectivity index (χ0n) is 11.2. The Morgan fingerprint density at radius 3 is 2.45 bits per heavy atom. The first-order valence-corrected chi connectivity index (χ1v) is 7.55. The number of hydrogen-bond acceptors (Lipinski definition) is 3. The standard InChI is InChI=1S/C16H16BrN3/c17-15-5-7-16(8-6-15)20(10-9-18)12-14(11-19)13-3-1-2-4-13/h5-8,12-13H,1-4,10H2. The third-order valence-corrected chi connectivity index (χ3v) is 4.15. The van der Waals surface area contributed by atoms with Crippen LogP contribution in [0.15, 0.2) is 40.5 Å². The van der Waals surface area contributed by atoms with Crippen molar-refractivity contribution in [1.29, 1.82) is 10.5 Å². The quantitative estimate of drug-likeness (QED) is 0.608. The van der Waals surface area contributed by atoms with Crippen molar-refractivity contribution < 1.29 is 0 Å². The molecule has 0 amide bonds. The van der Waals surface area contributed by atoms with Gasteiger partial charge in [0.1, 0.15) is 6.54 Å². The van der Waals surface area contributed by atoms with Crippen LogP contribution in [0.1, 0.15) is 25.7 Å². The van der Waals surface area contributed by atoms with Gasteiger partial charge in [-0.05, 0) is 43.0 Å². The number of nitrogens with zero attached hydrogens (tertiary/aromatic N) is 3. The smallest absolute Gasteiger partial charge is 0.110 e. The van der Waals surface area contributed by atoms with E-state index in [1.807, 2.05) is 35.4 Å². The van der Waals surface area contributed by atoms with Gasteiger partial charge in [-0.2, -0.15) is 10.5 Å². The van der Waals surface area contributed by atoms with Gasteiger partial charge in [0.25, 0.3) is 0 Å². The van der Waals surface area contributed by atoms with Gasteiger partial charge in [0.2, 0.25) is 0 Å². The number of rotatable bonds is 4. The molecule has 1 saturated carbocycles. The molecule has 20 heavy (non-hydrogen) atoms. The first-order chi connectivity index (χ1) is 9.74. The number of allylic oxidation sites excluding steroid dienone is 1. The fourth-order valence-corrected chi connectivity index (χ4v) is 2.81. The van der Waals surface area contributed by atoms with Gasteiger partial charge in [0.05, 0.1) is 12.1 Å². The van der Waals surface area contributed by atoms with Gasteiger partial charge in [0.15, 0.2) is 0 Å². The van der Waals surface area contributed by atoms with E-state index in [0.29, 0.717) is 5.92 Å². The van der Waals surface area contributed by atoms with E-state index < -0.39 is 0 Å². The van der Waals surface area contributed by atoms with Crippen LogP contribution in [-0.2, 0) is 0 Å². The predicted molar refractivity (Wildman–Crippen MR) is 82.8 cm³/mol. The van der Waals surface area contributed by atoms with Crippen LogP contribution in [0.5, 0.6) is 0 Å². The van der Waals surface area contributed by atoms with Crippen molar-refractivity contribution in [2.45, 2.75) is 25.7 Å². The predicted octanol–water partition coefficient (Wildman–Crippen LogP) is 4.38. The minimum absolute atomic E-state index is 0.250. The number of benzene rings is 1. The SMILES string of the molecule is N#CCN(C=C(C#N)C1CCCC1)c1ccc(Br)cc1. The Balaban J connectivity index is 2.25. The van der Waals surface area contributed by atoms with Gasteiger partial charge in [-0.15, -0.1) is 0 Å². The fraction of sp³-hybridized carbons (Fsp3) is 0.375. The molecule has 0 spiro atoms. The molecule has 0 heterocycles. The van der Waals surface area contributed by atoms with Crippen LogP contribution in [-0.4, -0.2) is 6.54 Å². The molecule has 0 bridgehead atoms. The van der Waals surface area contributed by atoms with Crippen LogP contribution < -0.4 is 4.90 Å². The molecule has 1 fully saturated rings. The summed E-state index contributed by atoms with van der Waals surface area (Å²) >= 11 is 3.40. The van der Waals surface area contributed by atoms with Crippen LogP contribution in [0.3, 0.4) is 0 Å². The zero-order chi connectivity index (χ0) is 14.4. The van der Waals surface area contributed by atoms with Crippen molar-refractivity contribution in [3.8, 4) is 12.1 Å². The monoisotopic (exact) mass is 329 g/mol. The van der Waals surface area contributed by atoms with Gasteiger partial charge < -0.3 is 4.90 Å². The molecule has 1 aliphatic rings. The van der Waals surface area contributed by atoms with Crippen LogP contribution in [0.25, 0.3) is 0 Å². The normalized spacial score (nSPS) is 15.7. The van der Waals surface area contributed by atoms with Crippen molar-refractivity contribution in [2.24, 2.45) is 5.92 Å². The first kappa shape index (κ1) is 14.6. The Morgan fingerprint density at radius 2 is 1.90 bits per heavy atom. The average molecular weight is 330 g/mol. The maximum absolute atomic E-state index is 9.36. The lowest BCUT2D eigenvalue weighted by Gasteiger charge is -2.19. The summed E-state index contributed by atoms with van der Waals surface area (Å²) in [6.07, 6.45) is 6.41. The van der Waals surface area contributed by atoms with E-state index >= 15 is 0 Å². The van der Waals surface area contributed by atoms with E-state index in [0.717, 1.165) is 28.6 Å². The van der Waals surface area contributed by atoms with Crippen molar-refractivity contribution in [1.82, 2.24) is 0 Å². The summed E-state index contributed by atoms with van der Waals surface area (Å²) in [6.45, 7) is 0.250. The zero-order valence-corrected chi connectivity index (χ0v) is 12.8. The Kier molecular flexibility index (Phi) is 5.21. The van der Waals surface area contributed by atoms with Crippen LogP contribution >= 0.6 is 15.9 Å². The molecule has 1 aliphatic carbocycles. The fourth-order valence-electron chi connectivity index (χ4n) is 2.55. The molecule has 1 aromatic rings. The average Bonchev–Trinajstić information content (AvgIpc) is 2.98. The second-order valence-electron chi connectivity index (χ2n) is 4.94. The lowest BCUT2D eigenvalue weighted by Crippen LogP contribution is -2.18. The van der Waals surface area contributed by atoms with E-state index in [4.69, 9.17) is 5.26 Å². The molecule has 2 rings (SSSR count). The van der Waals surface area contributed by atoms with Gasteiger partial charge in [-0.1, -0.05) is 28.8 Å². The van der Waals surface area contributed by atoms with Crippen molar-refractivity contribution >= 4 is 21.6 Å². The Bertz CT molecular complexity index is 557. The lowest BCUT2D eigenvalue weighted by molar-refractivity contribution is 0.657. The van der Waals surface area contributed by atoms with Gasteiger partial charge in [-0.25, -0.2) is 0 Å². The molecule has 0 radical (unpaired) electrons. The van der Waals surface area contributed by atoms with E-state index in [2.05, 4.69) is 28.1 Å². The third-order valence-electron chi connectivity index (χ3n) is 3.62. The van der Waals surface area contributed by atoms with Crippen LogP contribution in [0.2, 0.25) is 0 Å². The van der Waals surface area contributed by atoms with Crippen LogP contribution in [0.4, 0.5) is 5.69 Å². The minimum Gasteiger partial charge on any atom is -0.333 e. The van der Waals surface area contributed by atoms with Gasteiger partial charge in [-0.3, -0.25) is 0 Å². The number of anilines is 1. The summed E-state index contributed by atoms with van der Waals surface area (Å²) in [5.41, 5.74) is 1.72. The Morgan fingerprint density at radius 1 is 1.25 bits per heavy atom. The van der Waals surface area contributed by atoms with Gasteiger partial charge in [0, 0.05) is 21.9 Å². The molecule has 0 atom stereocenters. The first-order valence-electron chi connectivity index (χ1n) is 6.75. The minimum atomic E-state index is 0.250. The van der Waals surface area contributed by atoms with E-state index in [-0.39, 0.29) is 6.54 Å². The maximum atomic E-state index is 9.36. The van der Waals surface area contributed by atoms with Crippen molar-refractivity contribution in [3.63, 3.8) is 0 Å². The maximum Gasteiger partial charge on any atom is 0.110 e. The highest BCUT2D eigenvalue weighted by atomic mass is 79.9. The highest BCUT2D eigenvalue weighted by Crippen LogP contribution is 2.31. The van der Waals surface area contributed by atoms with E-state index in [1.54, 1.807) is 0 Å². The highest BCUT2D eigenvalue weighted by molar-refractivity contribution is 9.10. The molecule has 0 unspecified atom stereocenters. The second-order valence-corrected chi connectivity index (χ2v) is 5.86. The summed E-state index contributed by atoms with van der Waals surface area (Å²) in [4.78, 5) is 1.85. The Hall–Kier alpha value is -1.78. The third kappa shape index (κ3) is 3.62. The molecule has 3 nitrogen and oxygen atoms in total. The molecule has 4 heteroatoms. The number of nitriles is 2. The summed E-state index contributed by atoms with van der Waals surface area (Å²) in [5.74, 6) is 0.358. The van der Waals surface area contributed by atoms with Crippen molar-refractivity contribution in [3.05, 3.63) is 40.5 Å². The summed E-state index contributed by atoms with van der Waals surface area (Å²) in [6, 6.07) is 12.2. The summed E-state index contributed by atoms with van der Waals surface area (Å²) in [7, 11) is 0. The molecule has 0 N–H and O–H groups in total. The van der Waals surface area contributed by atoms with E-state index in [9.17, 15) is 5.26 Å². The molecular formula is C16H16BrN3. The molecule has 0 aromatic heterocycles. The number of hydrogen-bond donors (Lipinski definition) is 0. The molecule has 0 aliphatic heterocycles. The van der Waals surface area contributed by atoms with Crippen molar-refractivity contribution in [2.75, 3.05) is 11.4 Å². The molecule has 1 aromatic carbocycles. The molecular weight excluding hydrogens is 314 g/mol. The topological polar surface area (TPSA) is 50.8 Å². The van der Waals surface area contributed by atoms with Crippen LogP contribution in [0, 0.1) is 28.6 Å². The largest absolute Gasteiger partial charge is 0.333 e. The second kappa shape index (κ2) is 7.12. The molecule has 102 valence electrons. The summed E-state index contributed by atoms with van der Waals surface area (Å²) in [5, 5.41) is 18.3. The molecule has 0 saturated heterocycles. The van der Waals surface area contributed by atoms with Gasteiger partial charge >= 0.3 is 0 Å².